The van der Waals surface area contributed by atoms with E-state index < -0.39 is 0 Å². The molecule has 7 aliphatic carbocycles. The predicted molar refractivity (Wildman–Crippen MR) is 216 cm³/mol. The van der Waals surface area contributed by atoms with Crippen molar-refractivity contribution in [1.82, 2.24) is 10.6 Å². The molecule has 16 atom stereocenters. The van der Waals surface area contributed by atoms with Crippen LogP contribution in [0.15, 0.2) is 65.3 Å². The Hall–Kier alpha value is -2.16. The molecule has 1 aromatic rings. The van der Waals surface area contributed by atoms with Crippen LogP contribution in [0, 0.1) is 75.9 Å². The maximum atomic E-state index is 11.4. The van der Waals surface area contributed by atoms with Crippen molar-refractivity contribution in [3.05, 3.63) is 70.8 Å². The minimum absolute atomic E-state index is 0.0930. The molecule has 8 aliphatic rings. The molecule has 4 nitrogen and oxygen atoms in total. The minimum atomic E-state index is -0.383. The van der Waals surface area contributed by atoms with E-state index in [1.54, 1.807) is 16.7 Å². The molecule has 1 saturated heterocycles. The van der Waals surface area contributed by atoms with Gasteiger partial charge in [-0.2, -0.15) is 0 Å². The van der Waals surface area contributed by atoms with Crippen molar-refractivity contribution in [3.8, 4) is 11.8 Å². The van der Waals surface area contributed by atoms with Crippen LogP contribution in [0.2, 0.25) is 0 Å². The van der Waals surface area contributed by atoms with Gasteiger partial charge in [-0.05, 0) is 168 Å². The Kier molecular flexibility index (Phi) is 9.29. The van der Waals surface area contributed by atoms with Gasteiger partial charge in [0.2, 0.25) is 0 Å². The zero-order valence-corrected chi connectivity index (χ0v) is 33.5. The summed E-state index contributed by atoms with van der Waals surface area (Å²) in [5.74, 6) is 13.7. The van der Waals surface area contributed by atoms with Crippen molar-refractivity contribution in [2.45, 2.75) is 148 Å². The first-order valence-corrected chi connectivity index (χ1v) is 21.9. The Bertz CT molecular complexity index is 1720. The third-order valence-electron chi connectivity index (χ3n) is 17.7. The first-order valence-electron chi connectivity index (χ1n) is 21.9. The molecule has 16 unspecified atom stereocenters. The van der Waals surface area contributed by atoms with Crippen molar-refractivity contribution in [1.29, 1.82) is 0 Å². The number of piperidine rings is 1. The van der Waals surface area contributed by atoms with E-state index in [0.717, 1.165) is 31.6 Å². The van der Waals surface area contributed by atoms with E-state index in [-0.39, 0.29) is 34.6 Å². The van der Waals surface area contributed by atoms with Gasteiger partial charge in [0.05, 0.1) is 12.2 Å². The summed E-state index contributed by atoms with van der Waals surface area (Å²) in [6.45, 7) is 17.0. The lowest BCUT2D eigenvalue weighted by Gasteiger charge is -2.60. The van der Waals surface area contributed by atoms with E-state index in [2.05, 4.69) is 93.2 Å². The Morgan fingerprint density at radius 3 is 2.64 bits per heavy atom. The van der Waals surface area contributed by atoms with E-state index in [4.69, 9.17) is 0 Å². The molecule has 1 spiro atoms. The minimum Gasteiger partial charge on any atom is -0.392 e. The fourth-order valence-corrected chi connectivity index (χ4v) is 15.3. The van der Waals surface area contributed by atoms with E-state index in [0.29, 0.717) is 59.9 Å². The van der Waals surface area contributed by atoms with Crippen LogP contribution in [-0.2, 0) is 6.42 Å². The number of allylic oxidation sites excluding steroid dienone is 4. The smallest absolute Gasteiger partial charge is 0.0696 e. The second kappa shape index (κ2) is 13.5. The molecule has 9 rings (SSSR count). The van der Waals surface area contributed by atoms with Crippen LogP contribution in [0.5, 0.6) is 0 Å². The molecule has 0 amide bonds. The van der Waals surface area contributed by atoms with Crippen LogP contribution in [0.4, 0.5) is 0 Å². The van der Waals surface area contributed by atoms with E-state index >= 15 is 0 Å². The van der Waals surface area contributed by atoms with Crippen LogP contribution in [0.3, 0.4) is 0 Å². The molecular formula is C49H68N2O2. The number of rotatable bonds is 7. The highest BCUT2D eigenvalue weighted by atomic mass is 16.3. The molecule has 286 valence electrons. The molecule has 4 N–H and O–H groups in total. The number of hydrogen-bond donors (Lipinski definition) is 4. The lowest BCUT2D eigenvalue weighted by atomic mass is 9.44. The Morgan fingerprint density at radius 1 is 1.08 bits per heavy atom. The summed E-state index contributed by atoms with van der Waals surface area (Å²) in [4.78, 5) is 0. The van der Waals surface area contributed by atoms with Gasteiger partial charge in [0.25, 0.3) is 0 Å². The maximum absolute atomic E-state index is 11.4. The molecule has 2 bridgehead atoms. The van der Waals surface area contributed by atoms with Crippen molar-refractivity contribution >= 4 is 0 Å². The summed E-state index contributed by atoms with van der Waals surface area (Å²) in [5, 5.41) is 29.5. The number of hydrogen-bond acceptors (Lipinski definition) is 4. The summed E-state index contributed by atoms with van der Waals surface area (Å²) < 4.78 is 0. The van der Waals surface area contributed by atoms with Crippen LogP contribution in [-0.4, -0.2) is 46.6 Å². The molecular weight excluding hydrogens is 649 g/mol. The quantitative estimate of drug-likeness (QED) is 0.168. The SMILES string of the molecule is C=C(C)C1CC2=C(C)C=C3CC2(C)C2(CCC(CCc4ccccc4)C2C#CCC2CC4CC5CC6CC(NCC(C)O)C(O)CC6C5C4(C)NC32)C1. The standard InChI is InChI=1S/C49H68N2O2/c1-29(2)37-23-42-30(3)19-38-26-47(42,5)49(27-37)18-17-33(16-15-32-11-8-7-9-12-32)41(49)14-10-13-34-21-39-22-36-20-35-24-43(50-28-31(4)52)44(53)25-40(35)45(36)48(39,6)51-46(34)38/h7-9,11-12,19,31,33-37,39-41,43-46,50-53H,1,13,15-18,20-28H2,2-6H3. The summed E-state index contributed by atoms with van der Waals surface area (Å²) in [5.41, 5.74) is 8.17. The van der Waals surface area contributed by atoms with Gasteiger partial charge in [-0.1, -0.05) is 78.1 Å². The van der Waals surface area contributed by atoms with Gasteiger partial charge in [-0.25, -0.2) is 0 Å². The highest BCUT2D eigenvalue weighted by molar-refractivity contribution is 5.46. The zero-order chi connectivity index (χ0) is 36.9. The third kappa shape index (κ3) is 5.83. The van der Waals surface area contributed by atoms with Gasteiger partial charge in [0, 0.05) is 36.5 Å². The summed E-state index contributed by atoms with van der Waals surface area (Å²) in [6, 6.07) is 11.7. The van der Waals surface area contributed by atoms with E-state index in [1.807, 2.05) is 6.92 Å². The van der Waals surface area contributed by atoms with Crippen LogP contribution < -0.4 is 10.6 Å². The molecule has 1 heterocycles. The number of nitrogens with one attached hydrogen (secondary N) is 2. The van der Waals surface area contributed by atoms with Gasteiger partial charge >= 0.3 is 0 Å². The molecule has 4 heteroatoms. The molecule has 53 heavy (non-hydrogen) atoms. The number of aliphatic hydroxyl groups excluding tert-OH is 2. The first kappa shape index (κ1) is 36.5. The lowest BCUT2D eigenvalue weighted by molar-refractivity contribution is -0.0107. The summed E-state index contributed by atoms with van der Waals surface area (Å²) in [7, 11) is 0. The van der Waals surface area contributed by atoms with Gasteiger partial charge in [0.15, 0.2) is 0 Å². The van der Waals surface area contributed by atoms with Gasteiger partial charge in [-0.3, -0.25) is 0 Å². The number of aryl methyl sites for hydroxylation is 1. The first-order chi connectivity index (χ1) is 25.4. The molecule has 0 radical (unpaired) electrons. The Morgan fingerprint density at radius 2 is 1.87 bits per heavy atom. The Labute approximate surface area is 321 Å². The monoisotopic (exact) mass is 717 g/mol. The van der Waals surface area contributed by atoms with Crippen LogP contribution in [0.25, 0.3) is 0 Å². The zero-order valence-electron chi connectivity index (χ0n) is 33.5. The summed E-state index contributed by atoms with van der Waals surface area (Å²) >= 11 is 0. The van der Waals surface area contributed by atoms with Gasteiger partial charge in [0.1, 0.15) is 0 Å². The van der Waals surface area contributed by atoms with Crippen LogP contribution >= 0.6 is 0 Å². The van der Waals surface area contributed by atoms with Crippen molar-refractivity contribution in [2.24, 2.45) is 64.1 Å². The largest absolute Gasteiger partial charge is 0.392 e. The van der Waals surface area contributed by atoms with Gasteiger partial charge < -0.3 is 20.8 Å². The number of fused-ring (bicyclic) bond motifs is 8. The Balaban J connectivity index is 1.05. The molecule has 6 fully saturated rings. The van der Waals surface area contributed by atoms with Crippen LogP contribution in [0.1, 0.15) is 117 Å². The fraction of sp³-hybridized carbons (Fsp3) is 0.714. The molecule has 0 aromatic heterocycles. The predicted octanol–water partition coefficient (Wildman–Crippen LogP) is 8.80. The fourth-order valence-electron chi connectivity index (χ4n) is 15.3. The number of aliphatic hydroxyl groups is 2. The second-order valence-electron chi connectivity index (χ2n) is 20.5. The number of benzene rings is 1. The van der Waals surface area contributed by atoms with Gasteiger partial charge in [-0.15, -0.1) is 5.92 Å². The van der Waals surface area contributed by atoms with Crippen molar-refractivity contribution < 1.29 is 10.2 Å². The average molecular weight is 717 g/mol. The normalized spacial score (nSPS) is 47.2. The van der Waals surface area contributed by atoms with Crippen molar-refractivity contribution in [3.63, 3.8) is 0 Å². The molecule has 5 saturated carbocycles. The second-order valence-corrected chi connectivity index (χ2v) is 20.5. The molecule has 1 aliphatic heterocycles. The highest BCUT2D eigenvalue weighted by Gasteiger charge is 2.66. The topological polar surface area (TPSA) is 64.5 Å². The molecule has 1 aromatic carbocycles. The van der Waals surface area contributed by atoms with E-state index in [9.17, 15) is 10.2 Å². The van der Waals surface area contributed by atoms with E-state index in [1.165, 1.54) is 68.9 Å². The summed E-state index contributed by atoms with van der Waals surface area (Å²) in [6.07, 6.45) is 17.4. The maximum Gasteiger partial charge on any atom is 0.0696 e. The lowest BCUT2D eigenvalue weighted by Crippen LogP contribution is -2.64. The average Bonchev–Trinajstić information content (AvgIpc) is 3.75. The van der Waals surface area contributed by atoms with Crippen molar-refractivity contribution in [2.75, 3.05) is 6.54 Å². The third-order valence-corrected chi connectivity index (χ3v) is 17.7. The highest BCUT2D eigenvalue weighted by Crippen LogP contribution is 2.71.